The van der Waals surface area contributed by atoms with Gasteiger partial charge in [-0.2, -0.15) is 0 Å². The SMILES string of the molecule is COc1ccc(Br)cc1/C=C/C(=O)Nc1nc2c(F)cccc2s1. The fraction of sp³-hybridized carbons (Fsp3) is 0.0588. The van der Waals surface area contributed by atoms with Crippen LogP contribution in [0, 0.1) is 5.82 Å². The second kappa shape index (κ2) is 7.11. The third kappa shape index (κ3) is 3.63. The first-order valence-corrected chi connectivity index (χ1v) is 8.55. The summed E-state index contributed by atoms with van der Waals surface area (Å²) in [5, 5.41) is 3.00. The topological polar surface area (TPSA) is 51.2 Å². The number of halogens is 2. The first kappa shape index (κ1) is 16.6. The molecular formula is C17H12BrFN2O2S. The van der Waals surface area contributed by atoms with E-state index in [0.717, 1.165) is 10.0 Å². The van der Waals surface area contributed by atoms with Crippen LogP contribution in [-0.2, 0) is 4.79 Å². The maximum absolute atomic E-state index is 13.6. The predicted octanol–water partition coefficient (Wildman–Crippen LogP) is 4.86. The monoisotopic (exact) mass is 406 g/mol. The second-order valence-electron chi connectivity index (χ2n) is 4.81. The summed E-state index contributed by atoms with van der Waals surface area (Å²) in [6, 6.07) is 10.2. The zero-order valence-electron chi connectivity index (χ0n) is 12.5. The third-order valence-electron chi connectivity index (χ3n) is 3.21. The van der Waals surface area contributed by atoms with Gasteiger partial charge in [-0.1, -0.05) is 33.3 Å². The van der Waals surface area contributed by atoms with Crippen LogP contribution < -0.4 is 10.1 Å². The molecule has 1 N–H and O–H groups in total. The van der Waals surface area contributed by atoms with Crippen molar-refractivity contribution in [1.82, 2.24) is 4.98 Å². The minimum atomic E-state index is -0.404. The summed E-state index contributed by atoms with van der Waals surface area (Å²) >= 11 is 4.60. The van der Waals surface area contributed by atoms with Gasteiger partial charge in [0.05, 0.1) is 11.8 Å². The Balaban J connectivity index is 1.77. The molecule has 3 rings (SSSR count). The van der Waals surface area contributed by atoms with Crippen molar-refractivity contribution in [3.8, 4) is 5.75 Å². The van der Waals surface area contributed by atoms with Crippen molar-refractivity contribution < 1.29 is 13.9 Å². The van der Waals surface area contributed by atoms with Crippen LogP contribution in [0.25, 0.3) is 16.3 Å². The first-order valence-electron chi connectivity index (χ1n) is 6.94. The van der Waals surface area contributed by atoms with E-state index in [9.17, 15) is 9.18 Å². The molecule has 24 heavy (non-hydrogen) atoms. The van der Waals surface area contributed by atoms with Gasteiger partial charge in [0.15, 0.2) is 5.13 Å². The van der Waals surface area contributed by atoms with Crippen LogP contribution in [0.2, 0.25) is 0 Å². The number of hydrogen-bond acceptors (Lipinski definition) is 4. The highest BCUT2D eigenvalue weighted by atomic mass is 79.9. The average molecular weight is 407 g/mol. The highest BCUT2D eigenvalue weighted by Gasteiger charge is 2.09. The Morgan fingerprint density at radius 2 is 2.21 bits per heavy atom. The molecule has 1 amide bonds. The molecule has 0 saturated carbocycles. The quantitative estimate of drug-likeness (QED) is 0.629. The molecule has 0 saturated heterocycles. The summed E-state index contributed by atoms with van der Waals surface area (Å²) in [5.74, 6) is -0.0977. The van der Waals surface area contributed by atoms with E-state index >= 15 is 0 Å². The van der Waals surface area contributed by atoms with Crippen molar-refractivity contribution >= 4 is 54.6 Å². The van der Waals surface area contributed by atoms with Gasteiger partial charge in [0, 0.05) is 16.1 Å². The van der Waals surface area contributed by atoms with Crippen LogP contribution in [0.5, 0.6) is 5.75 Å². The van der Waals surface area contributed by atoms with Crippen LogP contribution in [0.15, 0.2) is 46.9 Å². The lowest BCUT2D eigenvalue weighted by Crippen LogP contribution is -2.07. The van der Waals surface area contributed by atoms with Crippen LogP contribution in [0.1, 0.15) is 5.56 Å². The number of thiazole rings is 1. The number of nitrogens with one attached hydrogen (secondary N) is 1. The molecule has 0 unspecified atom stereocenters. The Bertz CT molecular complexity index is 939. The molecule has 3 aromatic rings. The molecule has 0 aliphatic heterocycles. The van der Waals surface area contributed by atoms with Crippen molar-refractivity contribution in [1.29, 1.82) is 0 Å². The zero-order chi connectivity index (χ0) is 17.1. The molecule has 0 atom stereocenters. The summed E-state index contributed by atoms with van der Waals surface area (Å²) in [4.78, 5) is 16.2. The lowest BCUT2D eigenvalue weighted by molar-refractivity contribution is -0.111. The molecule has 4 nitrogen and oxygen atoms in total. The van der Waals surface area contributed by atoms with Crippen molar-refractivity contribution in [3.05, 3.63) is 58.3 Å². The molecule has 2 aromatic carbocycles. The number of para-hydroxylation sites is 1. The van der Waals surface area contributed by atoms with E-state index in [1.54, 1.807) is 31.4 Å². The van der Waals surface area contributed by atoms with Gasteiger partial charge in [0.25, 0.3) is 0 Å². The highest BCUT2D eigenvalue weighted by molar-refractivity contribution is 9.10. The molecule has 0 spiro atoms. The molecule has 7 heteroatoms. The number of benzene rings is 2. The van der Waals surface area contributed by atoms with E-state index in [2.05, 4.69) is 26.2 Å². The van der Waals surface area contributed by atoms with Gasteiger partial charge in [-0.15, -0.1) is 0 Å². The Morgan fingerprint density at radius 3 is 2.96 bits per heavy atom. The third-order valence-corrected chi connectivity index (χ3v) is 4.64. The molecule has 0 fully saturated rings. The number of amides is 1. The number of fused-ring (bicyclic) bond motifs is 1. The number of hydrogen-bond donors (Lipinski definition) is 1. The lowest BCUT2D eigenvalue weighted by Gasteiger charge is -2.04. The van der Waals surface area contributed by atoms with Crippen molar-refractivity contribution in [2.24, 2.45) is 0 Å². The van der Waals surface area contributed by atoms with Crippen LogP contribution in [0.3, 0.4) is 0 Å². The molecule has 1 heterocycles. The van der Waals surface area contributed by atoms with E-state index in [1.807, 2.05) is 12.1 Å². The normalized spacial score (nSPS) is 11.1. The molecule has 0 radical (unpaired) electrons. The number of ether oxygens (including phenoxy) is 1. The minimum absolute atomic E-state index is 0.260. The number of rotatable bonds is 4. The fourth-order valence-corrected chi connectivity index (χ4v) is 3.38. The van der Waals surface area contributed by atoms with Gasteiger partial charge >= 0.3 is 0 Å². The molecule has 0 aliphatic rings. The maximum atomic E-state index is 13.6. The molecule has 122 valence electrons. The van der Waals surface area contributed by atoms with Gasteiger partial charge in [-0.3, -0.25) is 10.1 Å². The Kier molecular flexibility index (Phi) is 4.92. The number of aromatic nitrogens is 1. The Morgan fingerprint density at radius 1 is 1.38 bits per heavy atom. The minimum Gasteiger partial charge on any atom is -0.496 e. The summed E-state index contributed by atoms with van der Waals surface area (Å²) in [7, 11) is 1.57. The maximum Gasteiger partial charge on any atom is 0.250 e. The fourth-order valence-electron chi connectivity index (χ4n) is 2.12. The van der Waals surface area contributed by atoms with Crippen molar-refractivity contribution in [3.63, 3.8) is 0 Å². The van der Waals surface area contributed by atoms with E-state index in [-0.39, 0.29) is 11.4 Å². The van der Waals surface area contributed by atoms with E-state index < -0.39 is 5.82 Å². The van der Waals surface area contributed by atoms with Crippen molar-refractivity contribution in [2.75, 3.05) is 12.4 Å². The summed E-state index contributed by atoms with van der Waals surface area (Å²) in [6.45, 7) is 0. The number of nitrogens with zero attached hydrogens (tertiary/aromatic N) is 1. The molecule has 0 bridgehead atoms. The van der Waals surface area contributed by atoms with Gasteiger partial charge in [0.1, 0.15) is 17.1 Å². The van der Waals surface area contributed by atoms with Gasteiger partial charge in [-0.05, 0) is 36.4 Å². The largest absolute Gasteiger partial charge is 0.496 e. The summed E-state index contributed by atoms with van der Waals surface area (Å²) in [5.41, 5.74) is 1.02. The Hall–Kier alpha value is -2.25. The number of methoxy groups -OCH3 is 1. The number of carbonyl (C=O) groups is 1. The first-order chi connectivity index (χ1) is 11.6. The van der Waals surface area contributed by atoms with Gasteiger partial charge in [0.2, 0.25) is 5.91 Å². The van der Waals surface area contributed by atoms with E-state index in [4.69, 9.17) is 4.74 Å². The molecule has 0 aliphatic carbocycles. The number of carbonyl (C=O) groups excluding carboxylic acids is 1. The Labute approximate surface area is 150 Å². The summed E-state index contributed by atoms with van der Waals surface area (Å²) < 4.78 is 20.4. The molecule has 1 aromatic heterocycles. The van der Waals surface area contributed by atoms with E-state index in [0.29, 0.717) is 15.6 Å². The van der Waals surface area contributed by atoms with Gasteiger partial charge in [-0.25, -0.2) is 9.37 Å². The highest BCUT2D eigenvalue weighted by Crippen LogP contribution is 2.28. The number of anilines is 1. The predicted molar refractivity (Wildman–Crippen MR) is 97.9 cm³/mol. The average Bonchev–Trinajstić information content (AvgIpc) is 2.97. The van der Waals surface area contributed by atoms with Crippen LogP contribution in [-0.4, -0.2) is 18.0 Å². The van der Waals surface area contributed by atoms with Crippen LogP contribution in [0.4, 0.5) is 9.52 Å². The van der Waals surface area contributed by atoms with Crippen molar-refractivity contribution in [2.45, 2.75) is 0 Å². The lowest BCUT2D eigenvalue weighted by atomic mass is 10.2. The second-order valence-corrected chi connectivity index (χ2v) is 6.76. The zero-order valence-corrected chi connectivity index (χ0v) is 14.9. The van der Waals surface area contributed by atoms with Gasteiger partial charge < -0.3 is 4.74 Å². The van der Waals surface area contributed by atoms with Crippen LogP contribution >= 0.6 is 27.3 Å². The molecular weight excluding hydrogens is 395 g/mol. The van der Waals surface area contributed by atoms with E-state index in [1.165, 1.54) is 23.5 Å². The summed E-state index contributed by atoms with van der Waals surface area (Å²) in [6.07, 6.45) is 3.03. The smallest absolute Gasteiger partial charge is 0.250 e. The standard InChI is InChI=1S/C17H12BrFN2O2S/c1-23-13-7-6-11(18)9-10(13)5-8-15(22)20-17-21-16-12(19)3-2-4-14(16)24-17/h2-9H,1H3,(H,20,21,22)/b8-5+.